The van der Waals surface area contributed by atoms with E-state index in [1.54, 1.807) is 30.3 Å². The van der Waals surface area contributed by atoms with E-state index in [4.69, 9.17) is 4.74 Å². The van der Waals surface area contributed by atoms with Gasteiger partial charge in [-0.05, 0) is 65.4 Å². The van der Waals surface area contributed by atoms with Crippen LogP contribution in [0.15, 0.2) is 80.6 Å². The molecular formula is C25H16Br2N2O3S. The highest BCUT2D eigenvalue weighted by molar-refractivity contribution is 9.10. The molecule has 0 N–H and O–H groups in total. The van der Waals surface area contributed by atoms with Crippen molar-refractivity contribution in [3.05, 3.63) is 103 Å². The third-order valence-electron chi connectivity index (χ3n) is 4.91. The van der Waals surface area contributed by atoms with Gasteiger partial charge in [0.1, 0.15) is 12.4 Å². The van der Waals surface area contributed by atoms with Gasteiger partial charge in [0.25, 0.3) is 11.1 Å². The molecule has 33 heavy (non-hydrogen) atoms. The topological polar surface area (TPSA) is 70.4 Å². The van der Waals surface area contributed by atoms with E-state index >= 15 is 0 Å². The number of carbonyl (C=O) groups excluding carboxylic acids is 2. The first-order valence-electron chi connectivity index (χ1n) is 9.85. The molecule has 1 aliphatic rings. The van der Waals surface area contributed by atoms with E-state index in [1.165, 1.54) is 0 Å². The zero-order valence-electron chi connectivity index (χ0n) is 17.1. The van der Waals surface area contributed by atoms with Gasteiger partial charge in [0.15, 0.2) is 0 Å². The van der Waals surface area contributed by atoms with Crippen LogP contribution in [0, 0.1) is 11.3 Å². The van der Waals surface area contributed by atoms with Crippen LogP contribution in [-0.2, 0) is 17.9 Å². The predicted octanol–water partition coefficient (Wildman–Crippen LogP) is 6.90. The van der Waals surface area contributed by atoms with E-state index in [9.17, 15) is 14.9 Å². The van der Waals surface area contributed by atoms with Crippen LogP contribution >= 0.6 is 43.6 Å². The molecule has 2 amide bonds. The molecule has 3 aromatic rings. The molecule has 0 radical (unpaired) electrons. The van der Waals surface area contributed by atoms with Crippen LogP contribution in [0.4, 0.5) is 4.79 Å². The standard InChI is InChI=1S/C25H16Br2N2O3S/c26-20-7-5-16(6-8-20)15-32-22-10-9-21(27)11-19(22)12-23-24(30)29(25(31)33-23)14-18-4-2-1-3-17(18)13-28/h1-12H,14-15H2/b23-12+. The summed E-state index contributed by atoms with van der Waals surface area (Å²) in [5, 5.41) is 8.93. The van der Waals surface area contributed by atoms with E-state index in [0.29, 0.717) is 34.0 Å². The van der Waals surface area contributed by atoms with Gasteiger partial charge in [0.2, 0.25) is 0 Å². The molecule has 0 aliphatic carbocycles. The third-order valence-corrected chi connectivity index (χ3v) is 6.84. The fourth-order valence-corrected chi connectivity index (χ4v) is 4.69. The smallest absolute Gasteiger partial charge is 0.293 e. The third kappa shape index (κ3) is 5.56. The Morgan fingerprint density at radius 2 is 1.73 bits per heavy atom. The van der Waals surface area contributed by atoms with Crippen LogP contribution in [0.1, 0.15) is 22.3 Å². The maximum Gasteiger partial charge on any atom is 0.293 e. The van der Waals surface area contributed by atoms with Gasteiger partial charge < -0.3 is 4.74 Å². The zero-order valence-corrected chi connectivity index (χ0v) is 21.1. The Labute approximate surface area is 212 Å². The molecule has 1 aliphatic heterocycles. The van der Waals surface area contributed by atoms with Gasteiger partial charge in [-0.1, -0.05) is 62.2 Å². The van der Waals surface area contributed by atoms with Crippen LogP contribution in [0.2, 0.25) is 0 Å². The lowest BCUT2D eigenvalue weighted by atomic mass is 10.1. The Morgan fingerprint density at radius 3 is 2.48 bits per heavy atom. The fraction of sp³-hybridized carbons (Fsp3) is 0.0800. The molecule has 8 heteroatoms. The maximum absolute atomic E-state index is 13.0. The lowest BCUT2D eigenvalue weighted by Crippen LogP contribution is -2.27. The summed E-state index contributed by atoms with van der Waals surface area (Å²) in [6, 6.07) is 22.4. The SMILES string of the molecule is N#Cc1ccccc1CN1C(=O)S/C(=C/c2cc(Br)ccc2OCc2ccc(Br)cc2)C1=O. The number of imide groups is 1. The van der Waals surface area contributed by atoms with Crippen molar-refractivity contribution in [2.24, 2.45) is 0 Å². The second-order valence-corrected chi connectivity index (χ2v) is 9.96. The number of thioether (sulfide) groups is 1. The summed E-state index contributed by atoms with van der Waals surface area (Å²) in [4.78, 5) is 27.1. The molecule has 5 nitrogen and oxygen atoms in total. The minimum atomic E-state index is -0.392. The highest BCUT2D eigenvalue weighted by atomic mass is 79.9. The van der Waals surface area contributed by atoms with E-state index in [2.05, 4.69) is 37.9 Å². The number of nitrogens with zero attached hydrogens (tertiary/aromatic N) is 2. The first-order valence-corrected chi connectivity index (χ1v) is 12.2. The van der Waals surface area contributed by atoms with E-state index < -0.39 is 5.91 Å². The minimum Gasteiger partial charge on any atom is -0.488 e. The van der Waals surface area contributed by atoms with Gasteiger partial charge >= 0.3 is 0 Å². The van der Waals surface area contributed by atoms with Crippen molar-refractivity contribution in [1.29, 1.82) is 5.26 Å². The number of amides is 2. The molecule has 0 unspecified atom stereocenters. The quantitative estimate of drug-likeness (QED) is 0.295. The van der Waals surface area contributed by atoms with Crippen LogP contribution in [0.3, 0.4) is 0 Å². The van der Waals surface area contributed by atoms with Crippen LogP contribution < -0.4 is 4.74 Å². The fourth-order valence-electron chi connectivity index (χ4n) is 3.22. The molecule has 4 rings (SSSR count). The molecule has 3 aromatic carbocycles. The van der Waals surface area contributed by atoms with Crippen molar-refractivity contribution in [2.75, 3.05) is 0 Å². The van der Waals surface area contributed by atoms with Gasteiger partial charge in [0.05, 0.1) is 23.1 Å². The Bertz CT molecular complexity index is 1300. The molecule has 0 saturated carbocycles. The number of hydrogen-bond donors (Lipinski definition) is 0. The summed E-state index contributed by atoms with van der Waals surface area (Å²) in [5.74, 6) is 0.208. The Hall–Kier alpha value is -2.86. The second kappa shape index (κ2) is 10.4. The van der Waals surface area contributed by atoms with Gasteiger partial charge in [-0.25, -0.2) is 0 Å². The molecule has 0 spiro atoms. The highest BCUT2D eigenvalue weighted by Crippen LogP contribution is 2.36. The summed E-state index contributed by atoms with van der Waals surface area (Å²) in [7, 11) is 0. The number of rotatable bonds is 6. The summed E-state index contributed by atoms with van der Waals surface area (Å²) >= 11 is 7.76. The summed E-state index contributed by atoms with van der Waals surface area (Å²) in [6.45, 7) is 0.416. The Kier molecular flexibility index (Phi) is 7.33. The molecule has 0 aromatic heterocycles. The molecule has 0 bridgehead atoms. The van der Waals surface area contributed by atoms with E-state index in [1.807, 2.05) is 42.5 Å². The van der Waals surface area contributed by atoms with Crippen molar-refractivity contribution < 1.29 is 14.3 Å². The Morgan fingerprint density at radius 1 is 1.00 bits per heavy atom. The Balaban J connectivity index is 1.56. The summed E-state index contributed by atoms with van der Waals surface area (Å²) < 4.78 is 7.82. The lowest BCUT2D eigenvalue weighted by molar-refractivity contribution is -0.123. The molecule has 1 saturated heterocycles. The molecule has 0 atom stereocenters. The minimum absolute atomic E-state index is 0.0527. The number of halogens is 2. The van der Waals surface area contributed by atoms with Crippen molar-refractivity contribution >= 4 is 60.8 Å². The zero-order chi connectivity index (χ0) is 23.4. The van der Waals surface area contributed by atoms with Crippen molar-refractivity contribution in [3.8, 4) is 11.8 Å². The molecular weight excluding hydrogens is 568 g/mol. The van der Waals surface area contributed by atoms with Crippen LogP contribution in [-0.4, -0.2) is 16.0 Å². The normalized spacial score (nSPS) is 14.6. The number of nitriles is 1. The molecule has 1 fully saturated rings. The number of ether oxygens (including phenoxy) is 1. The monoisotopic (exact) mass is 582 g/mol. The first-order chi connectivity index (χ1) is 15.9. The maximum atomic E-state index is 13.0. The van der Waals surface area contributed by atoms with Crippen molar-refractivity contribution in [2.45, 2.75) is 13.2 Å². The van der Waals surface area contributed by atoms with Crippen LogP contribution in [0.5, 0.6) is 5.75 Å². The van der Waals surface area contributed by atoms with E-state index in [-0.39, 0.29) is 11.8 Å². The average molecular weight is 584 g/mol. The predicted molar refractivity (Wildman–Crippen MR) is 135 cm³/mol. The number of hydrogen-bond acceptors (Lipinski definition) is 5. The van der Waals surface area contributed by atoms with Gasteiger partial charge in [-0.15, -0.1) is 0 Å². The largest absolute Gasteiger partial charge is 0.488 e. The number of carbonyl (C=O) groups is 2. The summed E-state index contributed by atoms with van der Waals surface area (Å²) in [5.41, 5.74) is 2.76. The second-order valence-electron chi connectivity index (χ2n) is 7.13. The van der Waals surface area contributed by atoms with E-state index in [0.717, 1.165) is 31.2 Å². The number of benzene rings is 3. The van der Waals surface area contributed by atoms with Crippen molar-refractivity contribution in [3.63, 3.8) is 0 Å². The highest BCUT2D eigenvalue weighted by Gasteiger charge is 2.35. The first kappa shape index (κ1) is 23.3. The van der Waals surface area contributed by atoms with Crippen molar-refractivity contribution in [1.82, 2.24) is 4.90 Å². The summed E-state index contributed by atoms with van der Waals surface area (Å²) in [6.07, 6.45) is 1.67. The van der Waals surface area contributed by atoms with Gasteiger partial charge in [-0.2, -0.15) is 5.26 Å². The molecule has 164 valence electrons. The van der Waals surface area contributed by atoms with Gasteiger partial charge in [-0.3, -0.25) is 14.5 Å². The van der Waals surface area contributed by atoms with Gasteiger partial charge in [0, 0.05) is 14.5 Å². The van der Waals surface area contributed by atoms with Crippen LogP contribution in [0.25, 0.3) is 6.08 Å². The lowest BCUT2D eigenvalue weighted by Gasteiger charge is -2.13. The molecule has 1 heterocycles. The average Bonchev–Trinajstić information content (AvgIpc) is 3.07.